The highest BCUT2D eigenvalue weighted by atomic mass is 16.5. The molecule has 2 aromatic heterocycles. The van der Waals surface area contributed by atoms with Gasteiger partial charge in [-0.3, -0.25) is 19.4 Å². The Bertz CT molecular complexity index is 1360. The van der Waals surface area contributed by atoms with Crippen molar-refractivity contribution in [1.82, 2.24) is 14.5 Å². The summed E-state index contributed by atoms with van der Waals surface area (Å²) in [7, 11) is 5.35. The largest absolute Gasteiger partial charge is 0.469 e. The summed E-state index contributed by atoms with van der Waals surface area (Å²) in [4.78, 5) is 46.1. The Labute approximate surface area is 238 Å². The molecule has 3 aromatic rings. The van der Waals surface area contributed by atoms with E-state index in [-0.39, 0.29) is 30.1 Å². The lowest BCUT2D eigenvalue weighted by Gasteiger charge is -2.24. The maximum absolute atomic E-state index is 13.9. The smallest absolute Gasteiger partial charge is 0.306 e. The number of nitrogens with zero attached hydrogens (tertiary/aromatic N) is 3. The standard InChI is InChI=1S/C33H43N3O4/c1-22(2)15-29(36-14-12-25(16-31(36)38)11-13-35(5)6)30(37)18-26(19-32(39)40-7)27-17-28(21-34-20-27)33-23(3)9-8-10-24(33)4/h8-10,12,14,16-17,20-22,26,29H,11,13,15,18-19H2,1-7H3/t26-,29?/m0/s1. The molecule has 7 nitrogen and oxygen atoms in total. The highest BCUT2D eigenvalue weighted by Crippen LogP contribution is 2.33. The SMILES string of the molecule is COC(=O)C[C@H](CC(=O)C(CC(C)C)n1ccc(CCN(C)C)cc1=O)c1cncc(-c2c(C)cccc2C)c1. The van der Waals surface area contributed by atoms with Gasteiger partial charge in [-0.25, -0.2) is 0 Å². The second-order valence-electron chi connectivity index (χ2n) is 11.4. The van der Waals surface area contributed by atoms with Crippen molar-refractivity contribution in [1.29, 1.82) is 0 Å². The van der Waals surface area contributed by atoms with Crippen molar-refractivity contribution in [3.05, 3.63) is 87.6 Å². The summed E-state index contributed by atoms with van der Waals surface area (Å²) in [6.07, 6.45) is 6.72. The van der Waals surface area contributed by atoms with Crippen LogP contribution < -0.4 is 5.56 Å². The Hall–Kier alpha value is -3.58. The number of hydrogen-bond acceptors (Lipinski definition) is 6. The average molecular weight is 546 g/mol. The predicted octanol–water partition coefficient (Wildman–Crippen LogP) is 5.52. The first-order valence-electron chi connectivity index (χ1n) is 14.0. The Morgan fingerprint density at radius 1 is 1.02 bits per heavy atom. The van der Waals surface area contributed by atoms with Gasteiger partial charge >= 0.3 is 5.97 Å². The zero-order valence-corrected chi connectivity index (χ0v) is 24.9. The van der Waals surface area contributed by atoms with E-state index in [2.05, 4.69) is 35.9 Å². The topological polar surface area (TPSA) is 81.5 Å². The number of benzene rings is 1. The molecule has 0 saturated carbocycles. The van der Waals surface area contributed by atoms with E-state index < -0.39 is 17.9 Å². The number of aromatic nitrogens is 2. The Kier molecular flexibility index (Phi) is 11.0. The summed E-state index contributed by atoms with van der Waals surface area (Å²) in [6, 6.07) is 11.1. The molecule has 0 fully saturated rings. The second kappa shape index (κ2) is 14.2. The second-order valence-corrected chi connectivity index (χ2v) is 11.4. The van der Waals surface area contributed by atoms with E-state index in [0.29, 0.717) is 6.42 Å². The normalized spacial score (nSPS) is 12.9. The lowest BCUT2D eigenvalue weighted by Crippen LogP contribution is -2.31. The van der Waals surface area contributed by atoms with Gasteiger partial charge in [-0.1, -0.05) is 32.0 Å². The van der Waals surface area contributed by atoms with Crippen LogP contribution in [0.2, 0.25) is 0 Å². The Morgan fingerprint density at radius 3 is 2.33 bits per heavy atom. The van der Waals surface area contributed by atoms with Crippen LogP contribution in [0.5, 0.6) is 0 Å². The molecule has 2 heterocycles. The van der Waals surface area contributed by atoms with E-state index in [9.17, 15) is 14.4 Å². The summed E-state index contributed by atoms with van der Waals surface area (Å²) in [5.74, 6) is -0.704. The number of Topliss-reactive ketones (excluding diaryl/α,β-unsaturated/α-hetero) is 1. The third-order valence-corrected chi connectivity index (χ3v) is 7.35. The van der Waals surface area contributed by atoms with E-state index in [4.69, 9.17) is 4.74 Å². The number of aryl methyl sites for hydroxylation is 2. The monoisotopic (exact) mass is 545 g/mol. The fourth-order valence-corrected chi connectivity index (χ4v) is 5.20. The van der Waals surface area contributed by atoms with Gasteiger partial charge in [0, 0.05) is 49.1 Å². The number of pyridine rings is 2. The molecule has 2 atom stereocenters. The van der Waals surface area contributed by atoms with Crippen LogP contribution in [-0.2, 0) is 20.7 Å². The Morgan fingerprint density at radius 2 is 1.73 bits per heavy atom. The number of hydrogen-bond donors (Lipinski definition) is 0. The van der Waals surface area contributed by atoms with E-state index in [0.717, 1.165) is 46.3 Å². The summed E-state index contributed by atoms with van der Waals surface area (Å²) >= 11 is 0. The van der Waals surface area contributed by atoms with Crippen LogP contribution in [0.15, 0.2) is 59.8 Å². The molecule has 0 aliphatic rings. The molecule has 40 heavy (non-hydrogen) atoms. The van der Waals surface area contributed by atoms with E-state index in [1.54, 1.807) is 23.0 Å². The van der Waals surface area contributed by atoms with Crippen LogP contribution in [-0.4, -0.2) is 54.0 Å². The molecule has 0 saturated heterocycles. The van der Waals surface area contributed by atoms with Gasteiger partial charge in [0.1, 0.15) is 0 Å². The molecule has 0 N–H and O–H groups in total. The van der Waals surface area contributed by atoms with Crippen molar-refractivity contribution in [3.8, 4) is 11.1 Å². The molecular formula is C33H43N3O4. The Balaban J connectivity index is 1.96. The fraction of sp³-hybridized carbons (Fsp3) is 0.455. The number of rotatable bonds is 13. The van der Waals surface area contributed by atoms with Crippen molar-refractivity contribution in [2.24, 2.45) is 5.92 Å². The maximum atomic E-state index is 13.9. The molecule has 1 aromatic carbocycles. The van der Waals surface area contributed by atoms with Crippen LogP contribution >= 0.6 is 0 Å². The van der Waals surface area contributed by atoms with Crippen molar-refractivity contribution < 1.29 is 14.3 Å². The first kappa shape index (κ1) is 31.0. The molecule has 0 aliphatic carbocycles. The molecular weight excluding hydrogens is 502 g/mol. The molecule has 0 aliphatic heterocycles. The van der Waals surface area contributed by atoms with Crippen molar-refractivity contribution in [2.75, 3.05) is 27.7 Å². The lowest BCUT2D eigenvalue weighted by atomic mass is 9.86. The van der Waals surface area contributed by atoms with Crippen molar-refractivity contribution in [3.63, 3.8) is 0 Å². The van der Waals surface area contributed by atoms with Crippen LogP contribution in [0, 0.1) is 19.8 Å². The van der Waals surface area contributed by atoms with Crippen LogP contribution in [0.25, 0.3) is 11.1 Å². The minimum absolute atomic E-state index is 0.0485. The number of ether oxygens (including phenoxy) is 1. The summed E-state index contributed by atoms with van der Waals surface area (Å²) in [5.41, 5.74) is 5.86. The number of likely N-dealkylation sites (N-methyl/N-ethyl adjacent to an activating group) is 1. The maximum Gasteiger partial charge on any atom is 0.306 e. The van der Waals surface area contributed by atoms with Crippen molar-refractivity contribution >= 4 is 11.8 Å². The van der Waals surface area contributed by atoms with Gasteiger partial charge in [0.05, 0.1) is 19.6 Å². The van der Waals surface area contributed by atoms with Gasteiger partial charge in [-0.2, -0.15) is 0 Å². The predicted molar refractivity (Wildman–Crippen MR) is 160 cm³/mol. The molecule has 0 spiro atoms. The molecule has 214 valence electrons. The van der Waals surface area contributed by atoms with Crippen LogP contribution in [0.3, 0.4) is 0 Å². The third kappa shape index (κ3) is 8.21. The van der Waals surface area contributed by atoms with Gasteiger partial charge in [0.15, 0.2) is 5.78 Å². The molecule has 0 amide bonds. The van der Waals surface area contributed by atoms with Crippen molar-refractivity contribution in [2.45, 2.75) is 65.3 Å². The quantitative estimate of drug-likeness (QED) is 0.263. The molecule has 3 rings (SSSR count). The zero-order valence-electron chi connectivity index (χ0n) is 24.9. The fourth-order valence-electron chi connectivity index (χ4n) is 5.20. The third-order valence-electron chi connectivity index (χ3n) is 7.35. The first-order chi connectivity index (χ1) is 19.0. The highest BCUT2D eigenvalue weighted by Gasteiger charge is 2.28. The highest BCUT2D eigenvalue weighted by molar-refractivity contribution is 5.84. The number of methoxy groups -OCH3 is 1. The minimum Gasteiger partial charge on any atom is -0.469 e. The van der Waals surface area contributed by atoms with Crippen LogP contribution in [0.1, 0.15) is 67.3 Å². The summed E-state index contributed by atoms with van der Waals surface area (Å²) in [6.45, 7) is 9.04. The first-order valence-corrected chi connectivity index (χ1v) is 14.0. The number of esters is 1. The van der Waals surface area contributed by atoms with E-state index >= 15 is 0 Å². The van der Waals surface area contributed by atoms with Gasteiger partial charge in [0.25, 0.3) is 5.56 Å². The molecule has 0 radical (unpaired) electrons. The summed E-state index contributed by atoms with van der Waals surface area (Å²) < 4.78 is 6.55. The molecule has 7 heteroatoms. The zero-order chi connectivity index (χ0) is 29.4. The molecule has 0 bridgehead atoms. The average Bonchev–Trinajstić information content (AvgIpc) is 2.90. The van der Waals surface area contributed by atoms with Gasteiger partial charge in [-0.05, 0) is 86.7 Å². The number of carbonyl (C=O) groups excluding carboxylic acids is 2. The number of carbonyl (C=O) groups is 2. The van der Waals surface area contributed by atoms with E-state index in [1.807, 2.05) is 52.3 Å². The van der Waals surface area contributed by atoms with Gasteiger partial charge in [0.2, 0.25) is 0 Å². The lowest BCUT2D eigenvalue weighted by molar-refractivity contribution is -0.141. The van der Waals surface area contributed by atoms with E-state index in [1.165, 1.54) is 7.11 Å². The van der Waals surface area contributed by atoms with Gasteiger partial charge in [-0.15, -0.1) is 0 Å². The van der Waals surface area contributed by atoms with Gasteiger partial charge < -0.3 is 14.2 Å². The van der Waals surface area contributed by atoms with Crippen LogP contribution in [0.4, 0.5) is 0 Å². The summed E-state index contributed by atoms with van der Waals surface area (Å²) in [5, 5.41) is 0. The molecule has 1 unspecified atom stereocenters. The minimum atomic E-state index is -0.620. The number of ketones is 1.